The van der Waals surface area contributed by atoms with Crippen LogP contribution in [-0.4, -0.2) is 55.8 Å². The molecule has 0 saturated carbocycles. The fraction of sp³-hybridized carbons (Fsp3) is 0.286. The van der Waals surface area contributed by atoms with Crippen LogP contribution < -0.4 is 10.2 Å². The lowest BCUT2D eigenvalue weighted by atomic mass is 10.1. The smallest absolute Gasteiger partial charge is 0.259 e. The van der Waals surface area contributed by atoms with Crippen molar-refractivity contribution >= 4 is 38.1 Å². The summed E-state index contributed by atoms with van der Waals surface area (Å²) >= 11 is 1.30. The van der Waals surface area contributed by atoms with Gasteiger partial charge >= 0.3 is 0 Å². The summed E-state index contributed by atoms with van der Waals surface area (Å²) in [6.45, 7) is 1.67. The minimum Gasteiger partial charge on any atom is -0.371 e. The Morgan fingerprint density at radius 1 is 1.13 bits per heavy atom. The Morgan fingerprint density at radius 3 is 2.58 bits per heavy atom. The van der Waals surface area contributed by atoms with E-state index in [0.29, 0.717) is 16.4 Å². The lowest BCUT2D eigenvalue weighted by Crippen LogP contribution is -2.25. The second-order valence-electron chi connectivity index (χ2n) is 7.37. The largest absolute Gasteiger partial charge is 0.371 e. The molecule has 0 atom stereocenters. The van der Waals surface area contributed by atoms with Crippen LogP contribution in [0.2, 0.25) is 0 Å². The number of amides is 1. The molecule has 1 aromatic carbocycles. The van der Waals surface area contributed by atoms with E-state index in [-0.39, 0.29) is 10.8 Å². The standard InChI is InChI=1S/C21H23N5O3S2/c1-25(2)31(28,29)15-8-9-19(26-11-5-6-12-26)16(13-15)20(27)24-21-23-18(14-30-21)17-7-3-4-10-22-17/h3-4,7-10,13-14H,5-6,11-12H2,1-2H3,(H,23,24,27). The maximum absolute atomic E-state index is 13.2. The Hall–Kier alpha value is -2.82. The molecule has 1 amide bonds. The zero-order chi connectivity index (χ0) is 22.0. The van der Waals surface area contributed by atoms with Crippen molar-refractivity contribution in [3.05, 3.63) is 53.5 Å². The van der Waals surface area contributed by atoms with Crippen molar-refractivity contribution in [2.24, 2.45) is 0 Å². The molecular weight excluding hydrogens is 434 g/mol. The maximum Gasteiger partial charge on any atom is 0.259 e. The van der Waals surface area contributed by atoms with E-state index in [1.54, 1.807) is 18.3 Å². The summed E-state index contributed by atoms with van der Waals surface area (Å²) in [5.41, 5.74) is 2.44. The van der Waals surface area contributed by atoms with Gasteiger partial charge < -0.3 is 4.90 Å². The van der Waals surface area contributed by atoms with Gasteiger partial charge in [0.05, 0.1) is 16.2 Å². The monoisotopic (exact) mass is 457 g/mol. The number of pyridine rings is 1. The average molecular weight is 458 g/mol. The Kier molecular flexibility index (Phi) is 6.03. The van der Waals surface area contributed by atoms with Crippen LogP contribution in [0, 0.1) is 0 Å². The van der Waals surface area contributed by atoms with Crippen molar-refractivity contribution in [2.45, 2.75) is 17.7 Å². The molecule has 10 heteroatoms. The summed E-state index contributed by atoms with van der Waals surface area (Å²) in [5.74, 6) is -0.389. The van der Waals surface area contributed by atoms with E-state index in [1.807, 2.05) is 23.6 Å². The number of aromatic nitrogens is 2. The van der Waals surface area contributed by atoms with Gasteiger partial charge in [-0.3, -0.25) is 15.1 Å². The van der Waals surface area contributed by atoms with Gasteiger partial charge in [0.15, 0.2) is 5.13 Å². The number of nitrogens with zero attached hydrogens (tertiary/aromatic N) is 4. The van der Waals surface area contributed by atoms with E-state index in [4.69, 9.17) is 0 Å². The molecule has 1 N–H and O–H groups in total. The van der Waals surface area contributed by atoms with E-state index in [1.165, 1.54) is 31.5 Å². The SMILES string of the molecule is CN(C)S(=O)(=O)c1ccc(N2CCCC2)c(C(=O)Nc2nc(-c3ccccn3)cs2)c1. The number of carbonyl (C=O) groups is 1. The summed E-state index contributed by atoms with van der Waals surface area (Å²) in [4.78, 5) is 24.1. The molecule has 4 rings (SSSR count). The maximum atomic E-state index is 13.2. The quantitative estimate of drug-likeness (QED) is 0.610. The molecule has 0 spiro atoms. The van der Waals surface area contributed by atoms with Crippen LogP contribution in [0.25, 0.3) is 11.4 Å². The van der Waals surface area contributed by atoms with Gasteiger partial charge in [-0.25, -0.2) is 17.7 Å². The van der Waals surface area contributed by atoms with E-state index in [9.17, 15) is 13.2 Å². The second-order valence-corrected chi connectivity index (χ2v) is 10.4. The molecule has 1 aliphatic heterocycles. The van der Waals surface area contributed by atoms with Crippen LogP contribution in [0.1, 0.15) is 23.2 Å². The van der Waals surface area contributed by atoms with Crippen LogP contribution in [0.3, 0.4) is 0 Å². The molecule has 1 fully saturated rings. The fourth-order valence-electron chi connectivity index (χ4n) is 3.43. The minimum absolute atomic E-state index is 0.0823. The number of thiazole rings is 1. The predicted octanol–water partition coefficient (Wildman–Crippen LogP) is 3.31. The molecule has 31 heavy (non-hydrogen) atoms. The lowest BCUT2D eigenvalue weighted by Gasteiger charge is -2.22. The average Bonchev–Trinajstić information content (AvgIpc) is 3.46. The molecule has 0 radical (unpaired) electrons. The fourth-order valence-corrected chi connectivity index (χ4v) is 5.06. The van der Waals surface area contributed by atoms with Gasteiger partial charge in [-0.15, -0.1) is 11.3 Å². The first-order valence-corrected chi connectivity index (χ1v) is 12.2. The third kappa shape index (κ3) is 4.46. The zero-order valence-corrected chi connectivity index (χ0v) is 18.9. The highest BCUT2D eigenvalue weighted by molar-refractivity contribution is 7.89. The molecule has 3 heterocycles. The third-order valence-electron chi connectivity index (χ3n) is 5.09. The van der Waals surface area contributed by atoms with Crippen molar-refractivity contribution in [3.8, 4) is 11.4 Å². The van der Waals surface area contributed by atoms with Crippen LogP contribution >= 0.6 is 11.3 Å². The highest BCUT2D eigenvalue weighted by Gasteiger charge is 2.25. The van der Waals surface area contributed by atoms with Crippen molar-refractivity contribution in [2.75, 3.05) is 37.4 Å². The summed E-state index contributed by atoms with van der Waals surface area (Å²) in [5, 5.41) is 5.08. The number of benzene rings is 1. The summed E-state index contributed by atoms with van der Waals surface area (Å²) in [7, 11) is -0.724. The summed E-state index contributed by atoms with van der Waals surface area (Å²) in [6.07, 6.45) is 3.77. The molecule has 0 unspecified atom stereocenters. The molecule has 1 saturated heterocycles. The van der Waals surface area contributed by atoms with Crippen LogP contribution in [0.15, 0.2) is 52.9 Å². The third-order valence-corrected chi connectivity index (χ3v) is 7.66. The van der Waals surface area contributed by atoms with Gasteiger partial charge in [-0.2, -0.15) is 0 Å². The highest BCUT2D eigenvalue weighted by Crippen LogP contribution is 2.30. The Morgan fingerprint density at radius 2 is 1.90 bits per heavy atom. The second kappa shape index (κ2) is 8.74. The first-order chi connectivity index (χ1) is 14.9. The van der Waals surface area contributed by atoms with Crippen molar-refractivity contribution in [1.82, 2.24) is 14.3 Å². The number of nitrogens with one attached hydrogen (secondary N) is 1. The van der Waals surface area contributed by atoms with Gasteiger partial charge in [0.1, 0.15) is 5.69 Å². The van der Waals surface area contributed by atoms with Crippen molar-refractivity contribution < 1.29 is 13.2 Å². The topological polar surface area (TPSA) is 95.5 Å². The van der Waals surface area contributed by atoms with Gasteiger partial charge in [0, 0.05) is 44.4 Å². The molecular formula is C21H23N5O3S2. The molecule has 0 aliphatic carbocycles. The predicted molar refractivity (Wildman–Crippen MR) is 122 cm³/mol. The number of sulfonamides is 1. The van der Waals surface area contributed by atoms with Gasteiger partial charge in [-0.1, -0.05) is 6.07 Å². The normalized spacial score (nSPS) is 14.2. The van der Waals surface area contributed by atoms with Crippen molar-refractivity contribution in [3.63, 3.8) is 0 Å². The van der Waals surface area contributed by atoms with E-state index in [2.05, 4.69) is 20.2 Å². The Bertz CT molecular complexity index is 1190. The number of carbonyl (C=O) groups excluding carboxylic acids is 1. The highest BCUT2D eigenvalue weighted by atomic mass is 32.2. The molecule has 162 valence electrons. The minimum atomic E-state index is -3.66. The van der Waals surface area contributed by atoms with Crippen LogP contribution in [0.5, 0.6) is 0 Å². The summed E-state index contributed by atoms with van der Waals surface area (Å²) < 4.78 is 26.4. The van der Waals surface area contributed by atoms with E-state index < -0.39 is 10.0 Å². The Balaban J connectivity index is 1.66. The molecule has 0 bridgehead atoms. The van der Waals surface area contributed by atoms with Crippen LogP contribution in [-0.2, 0) is 10.0 Å². The van der Waals surface area contributed by atoms with Gasteiger partial charge in [0.2, 0.25) is 10.0 Å². The number of anilines is 2. The molecule has 1 aliphatic rings. The number of hydrogen-bond acceptors (Lipinski definition) is 7. The first kappa shape index (κ1) is 21.4. The molecule has 3 aromatic rings. The van der Waals surface area contributed by atoms with E-state index >= 15 is 0 Å². The number of rotatable bonds is 6. The van der Waals surface area contributed by atoms with E-state index in [0.717, 1.165) is 41.6 Å². The Labute approximate surface area is 185 Å². The summed E-state index contributed by atoms with van der Waals surface area (Å²) in [6, 6.07) is 10.3. The first-order valence-electron chi connectivity index (χ1n) is 9.86. The number of hydrogen-bond donors (Lipinski definition) is 1. The van der Waals surface area contributed by atoms with Crippen LogP contribution in [0.4, 0.5) is 10.8 Å². The van der Waals surface area contributed by atoms with Gasteiger partial charge in [-0.05, 0) is 43.2 Å². The van der Waals surface area contributed by atoms with Gasteiger partial charge in [0.25, 0.3) is 5.91 Å². The zero-order valence-electron chi connectivity index (χ0n) is 17.3. The lowest BCUT2D eigenvalue weighted by molar-refractivity contribution is 0.102. The van der Waals surface area contributed by atoms with Crippen molar-refractivity contribution in [1.29, 1.82) is 0 Å². The molecule has 8 nitrogen and oxygen atoms in total. The molecule has 2 aromatic heterocycles.